The number of aliphatic hydroxyl groups excluding tert-OH is 1. The minimum absolute atomic E-state index is 0.306. The third-order valence-electron chi connectivity index (χ3n) is 5.16. The smallest absolute Gasteiger partial charge is 0.471 e. The van der Waals surface area contributed by atoms with Crippen LogP contribution in [0.4, 0.5) is 13.2 Å². The molecule has 0 spiro atoms. The number of unbranched alkanes of at least 4 members (excludes halogenated alkanes) is 4. The number of carboxylic acids is 1. The molecule has 1 unspecified atom stereocenters. The summed E-state index contributed by atoms with van der Waals surface area (Å²) in [5.41, 5.74) is 0. The molecule has 4 N–H and O–H groups in total. The SMILES string of the molecule is CCCCCC=CCC=CC=CC=C[C@H](SCC(NC(=O)C(F)(F)F)C(=O)NCC(=O)O)[C@H](O)CCCC. The molecule has 7 nitrogen and oxygen atoms in total. The molecule has 0 aromatic carbocycles. The van der Waals surface area contributed by atoms with Gasteiger partial charge < -0.3 is 20.8 Å². The normalized spacial score (nSPS) is 14.9. The third kappa shape index (κ3) is 18.7. The number of aliphatic hydroxyl groups is 1. The molecule has 0 aromatic rings. The highest BCUT2D eigenvalue weighted by atomic mass is 32.2. The van der Waals surface area contributed by atoms with Crippen LogP contribution in [0.2, 0.25) is 0 Å². The number of aliphatic carboxylic acids is 1. The Morgan fingerprint density at radius 1 is 0.947 bits per heavy atom. The summed E-state index contributed by atoms with van der Waals surface area (Å²) in [4.78, 5) is 34.4. The second kappa shape index (κ2) is 21.4. The minimum Gasteiger partial charge on any atom is -0.480 e. The zero-order valence-corrected chi connectivity index (χ0v) is 22.9. The number of alkyl halides is 3. The van der Waals surface area contributed by atoms with Crippen LogP contribution in [0.1, 0.15) is 65.2 Å². The number of thioether (sulfide) groups is 1. The molecule has 0 fully saturated rings. The number of nitrogens with one attached hydrogen (secondary N) is 2. The van der Waals surface area contributed by atoms with E-state index < -0.39 is 47.9 Å². The third-order valence-corrected chi connectivity index (χ3v) is 6.55. The molecule has 38 heavy (non-hydrogen) atoms. The van der Waals surface area contributed by atoms with Crippen LogP contribution >= 0.6 is 11.8 Å². The Labute approximate surface area is 227 Å². The molecule has 0 bridgehead atoms. The average Bonchev–Trinajstić information content (AvgIpc) is 2.86. The monoisotopic (exact) mass is 562 g/mol. The van der Waals surface area contributed by atoms with E-state index in [9.17, 15) is 32.7 Å². The van der Waals surface area contributed by atoms with Gasteiger partial charge in [0, 0.05) is 11.0 Å². The molecule has 0 aliphatic heterocycles. The lowest BCUT2D eigenvalue weighted by atomic mass is 10.1. The van der Waals surface area contributed by atoms with Crippen molar-refractivity contribution in [3.63, 3.8) is 0 Å². The van der Waals surface area contributed by atoms with Crippen molar-refractivity contribution in [3.05, 3.63) is 48.6 Å². The summed E-state index contributed by atoms with van der Waals surface area (Å²) in [7, 11) is 0. The highest BCUT2D eigenvalue weighted by Crippen LogP contribution is 2.22. The quantitative estimate of drug-likeness (QED) is 0.0934. The molecule has 0 radical (unpaired) electrons. The second-order valence-electron chi connectivity index (χ2n) is 8.54. The van der Waals surface area contributed by atoms with Crippen LogP contribution in [-0.2, 0) is 14.4 Å². The Balaban J connectivity index is 5.19. The molecule has 0 aliphatic rings. The Morgan fingerprint density at radius 3 is 2.26 bits per heavy atom. The summed E-state index contributed by atoms with van der Waals surface area (Å²) in [5, 5.41) is 22.3. The van der Waals surface area contributed by atoms with Gasteiger partial charge >= 0.3 is 18.1 Å². The number of amides is 2. The van der Waals surface area contributed by atoms with Crippen molar-refractivity contribution in [2.24, 2.45) is 0 Å². The molecular formula is C27H41F3N2O5S. The summed E-state index contributed by atoms with van der Waals surface area (Å²) < 4.78 is 38.2. The van der Waals surface area contributed by atoms with Crippen LogP contribution in [0.3, 0.4) is 0 Å². The Morgan fingerprint density at radius 2 is 1.63 bits per heavy atom. The van der Waals surface area contributed by atoms with Crippen LogP contribution in [0.15, 0.2) is 48.6 Å². The lowest BCUT2D eigenvalue weighted by Crippen LogP contribution is -2.52. The number of hydrogen-bond acceptors (Lipinski definition) is 5. The van der Waals surface area contributed by atoms with E-state index in [1.165, 1.54) is 19.3 Å². The molecule has 0 rings (SSSR count). The number of carbonyl (C=O) groups is 3. The fourth-order valence-corrected chi connectivity index (χ4v) is 4.26. The fraction of sp³-hybridized carbons (Fsp3) is 0.593. The molecule has 0 aromatic heterocycles. The van der Waals surface area contributed by atoms with Crippen LogP contribution in [0.25, 0.3) is 0 Å². The summed E-state index contributed by atoms with van der Waals surface area (Å²) in [6.45, 7) is 3.31. The van der Waals surface area contributed by atoms with E-state index in [2.05, 4.69) is 19.1 Å². The van der Waals surface area contributed by atoms with Crippen molar-refractivity contribution < 1.29 is 37.8 Å². The van der Waals surface area contributed by atoms with Gasteiger partial charge in [0.1, 0.15) is 12.6 Å². The predicted octanol–water partition coefficient (Wildman–Crippen LogP) is 5.08. The predicted molar refractivity (Wildman–Crippen MR) is 146 cm³/mol. The Bertz CT molecular complexity index is 813. The van der Waals surface area contributed by atoms with Crippen LogP contribution in [0, 0.1) is 0 Å². The largest absolute Gasteiger partial charge is 0.480 e. The van der Waals surface area contributed by atoms with E-state index in [0.717, 1.165) is 37.4 Å². The zero-order valence-electron chi connectivity index (χ0n) is 22.1. The van der Waals surface area contributed by atoms with Crippen LogP contribution in [0.5, 0.6) is 0 Å². The van der Waals surface area contributed by atoms with Crippen LogP contribution in [-0.4, -0.2) is 63.9 Å². The van der Waals surface area contributed by atoms with Gasteiger partial charge in [-0.2, -0.15) is 13.2 Å². The maximum Gasteiger partial charge on any atom is 0.471 e. The van der Waals surface area contributed by atoms with Gasteiger partial charge in [0.2, 0.25) is 5.91 Å². The van der Waals surface area contributed by atoms with Crippen molar-refractivity contribution in [1.82, 2.24) is 10.6 Å². The second-order valence-corrected chi connectivity index (χ2v) is 9.75. The van der Waals surface area contributed by atoms with Gasteiger partial charge in [-0.05, 0) is 25.7 Å². The summed E-state index contributed by atoms with van der Waals surface area (Å²) in [6.07, 6.45) is 16.5. The van der Waals surface area contributed by atoms with Gasteiger partial charge in [-0.1, -0.05) is 88.1 Å². The van der Waals surface area contributed by atoms with Crippen molar-refractivity contribution in [2.75, 3.05) is 12.3 Å². The van der Waals surface area contributed by atoms with Crippen molar-refractivity contribution in [2.45, 2.75) is 88.8 Å². The average molecular weight is 563 g/mol. The number of halogens is 3. The topological polar surface area (TPSA) is 116 Å². The van der Waals surface area contributed by atoms with E-state index >= 15 is 0 Å². The molecule has 3 atom stereocenters. The number of hydrogen-bond donors (Lipinski definition) is 4. The van der Waals surface area contributed by atoms with Gasteiger partial charge in [0.15, 0.2) is 0 Å². The molecule has 2 amide bonds. The molecular weight excluding hydrogens is 521 g/mol. The maximum atomic E-state index is 12.7. The summed E-state index contributed by atoms with van der Waals surface area (Å²) in [5.74, 6) is -5.06. The first-order valence-corrected chi connectivity index (χ1v) is 13.9. The Kier molecular flexibility index (Phi) is 20.0. The molecule has 0 aliphatic carbocycles. The lowest BCUT2D eigenvalue weighted by Gasteiger charge is -2.23. The fourth-order valence-electron chi connectivity index (χ4n) is 3.05. The number of allylic oxidation sites excluding steroid dienone is 7. The number of carboxylic acid groups (broad SMARTS) is 1. The van der Waals surface area contributed by atoms with E-state index in [4.69, 9.17) is 5.11 Å². The summed E-state index contributed by atoms with van der Waals surface area (Å²) >= 11 is 0.998. The number of carbonyl (C=O) groups excluding carboxylic acids is 2. The van der Waals surface area contributed by atoms with Crippen LogP contribution < -0.4 is 10.6 Å². The molecule has 0 saturated carbocycles. The molecule has 11 heteroatoms. The van der Waals surface area contributed by atoms with E-state index in [0.29, 0.717) is 6.42 Å². The molecule has 0 heterocycles. The maximum absolute atomic E-state index is 12.7. The van der Waals surface area contributed by atoms with Gasteiger partial charge in [0.25, 0.3) is 0 Å². The lowest BCUT2D eigenvalue weighted by molar-refractivity contribution is -0.174. The van der Waals surface area contributed by atoms with Gasteiger partial charge in [-0.15, -0.1) is 11.8 Å². The highest BCUT2D eigenvalue weighted by molar-refractivity contribution is 8.00. The Hall–Kier alpha value is -2.53. The summed E-state index contributed by atoms with van der Waals surface area (Å²) in [6, 6.07) is -1.64. The van der Waals surface area contributed by atoms with Crippen molar-refractivity contribution >= 4 is 29.5 Å². The molecule has 0 saturated heterocycles. The van der Waals surface area contributed by atoms with Gasteiger partial charge in [0.05, 0.1) is 6.10 Å². The highest BCUT2D eigenvalue weighted by Gasteiger charge is 2.41. The van der Waals surface area contributed by atoms with Gasteiger partial charge in [-0.3, -0.25) is 14.4 Å². The van der Waals surface area contributed by atoms with E-state index in [1.807, 2.05) is 30.5 Å². The molecule has 216 valence electrons. The minimum atomic E-state index is -5.21. The van der Waals surface area contributed by atoms with Crippen molar-refractivity contribution in [1.29, 1.82) is 0 Å². The van der Waals surface area contributed by atoms with E-state index in [-0.39, 0.29) is 5.75 Å². The first-order chi connectivity index (χ1) is 18.0. The van der Waals surface area contributed by atoms with E-state index in [1.54, 1.807) is 23.5 Å². The van der Waals surface area contributed by atoms with Gasteiger partial charge in [-0.25, -0.2) is 0 Å². The number of rotatable bonds is 20. The first-order valence-electron chi connectivity index (χ1n) is 12.8. The zero-order chi connectivity index (χ0) is 28.8. The van der Waals surface area contributed by atoms with Crippen molar-refractivity contribution in [3.8, 4) is 0 Å². The standard InChI is InChI=1S/C27H41F3N2O5S/c1-3-5-7-8-9-10-11-12-13-14-15-16-18-23(22(33)17-6-4-2)38-20-21(25(36)31-19-24(34)35)32-26(37)27(28,29)30/h9-10,12-16,18,21-23,33H,3-8,11,17,19-20H2,1-2H3,(H,31,36)(H,32,37)(H,34,35)/t21?,22-,23+/m1/s1. The first kappa shape index (κ1) is 35.5.